The van der Waals surface area contributed by atoms with E-state index in [0.29, 0.717) is 24.4 Å². The predicted octanol–water partition coefficient (Wildman–Crippen LogP) is 5.07. The van der Waals surface area contributed by atoms with Gasteiger partial charge < -0.3 is 19.9 Å². The minimum Gasteiger partial charge on any atom is -0.496 e. The number of nitrogens with one attached hydrogen (secondary N) is 1. The molecule has 0 aromatic heterocycles. The van der Waals surface area contributed by atoms with Crippen molar-refractivity contribution in [1.82, 2.24) is 4.90 Å². The van der Waals surface area contributed by atoms with Crippen LogP contribution in [0.2, 0.25) is 0 Å². The molecule has 0 atom stereocenters. The summed E-state index contributed by atoms with van der Waals surface area (Å²) >= 11 is 3.41. The highest BCUT2D eigenvalue weighted by molar-refractivity contribution is 9.10. The Morgan fingerprint density at radius 1 is 0.941 bits per heavy atom. The van der Waals surface area contributed by atoms with Crippen molar-refractivity contribution in [3.05, 3.63) is 94.5 Å². The summed E-state index contributed by atoms with van der Waals surface area (Å²) in [6, 6.07) is 22.8. The van der Waals surface area contributed by atoms with Crippen LogP contribution in [-0.4, -0.2) is 50.0 Å². The monoisotopic (exact) mass is 519 g/mol. The first-order valence-electron chi connectivity index (χ1n) is 11.1. The SMILES string of the molecule is COc1ccc(C(=O)Nc2ccc(N3CCN(C(=O)/C=C/c4ccccc4)CC3)cc2)cc1Br. The number of benzene rings is 3. The Labute approximate surface area is 208 Å². The van der Waals surface area contributed by atoms with Gasteiger partial charge in [-0.2, -0.15) is 0 Å². The van der Waals surface area contributed by atoms with Crippen LogP contribution in [0.4, 0.5) is 11.4 Å². The minimum absolute atomic E-state index is 0.0340. The standard InChI is InChI=1S/C27H26BrN3O3/c1-34-25-13-8-21(19-24(25)28)27(33)29-22-9-11-23(12-10-22)30-15-17-31(18-16-30)26(32)14-7-20-5-3-2-4-6-20/h2-14,19H,15-18H2,1H3,(H,29,33)/b14-7+. The van der Waals surface area contributed by atoms with Crippen LogP contribution in [0.25, 0.3) is 6.08 Å². The van der Waals surface area contributed by atoms with Crippen molar-refractivity contribution in [2.75, 3.05) is 43.5 Å². The number of amides is 2. The fourth-order valence-electron chi connectivity index (χ4n) is 3.79. The van der Waals surface area contributed by atoms with Gasteiger partial charge in [0, 0.05) is 49.2 Å². The van der Waals surface area contributed by atoms with Crippen molar-refractivity contribution < 1.29 is 14.3 Å². The lowest BCUT2D eigenvalue weighted by Gasteiger charge is -2.35. The summed E-state index contributed by atoms with van der Waals surface area (Å²) in [7, 11) is 1.59. The quantitative estimate of drug-likeness (QED) is 0.461. The first-order chi connectivity index (χ1) is 16.5. The molecule has 6 nitrogen and oxygen atoms in total. The second-order valence-corrected chi connectivity index (χ2v) is 8.76. The molecule has 0 spiro atoms. The van der Waals surface area contributed by atoms with E-state index in [1.54, 1.807) is 31.4 Å². The third-order valence-electron chi connectivity index (χ3n) is 5.71. The van der Waals surface area contributed by atoms with Crippen molar-refractivity contribution in [1.29, 1.82) is 0 Å². The number of ether oxygens (including phenoxy) is 1. The van der Waals surface area contributed by atoms with Gasteiger partial charge in [-0.15, -0.1) is 0 Å². The van der Waals surface area contributed by atoms with Gasteiger partial charge in [0.15, 0.2) is 0 Å². The number of halogens is 1. The molecule has 1 fully saturated rings. The predicted molar refractivity (Wildman–Crippen MR) is 139 cm³/mol. The van der Waals surface area contributed by atoms with Crippen LogP contribution in [0.3, 0.4) is 0 Å². The number of anilines is 2. The summed E-state index contributed by atoms with van der Waals surface area (Å²) in [5, 5.41) is 2.92. The Hall–Kier alpha value is -3.58. The van der Waals surface area contributed by atoms with E-state index in [0.717, 1.165) is 34.5 Å². The third-order valence-corrected chi connectivity index (χ3v) is 6.33. The maximum absolute atomic E-state index is 12.6. The zero-order chi connectivity index (χ0) is 23.9. The second-order valence-electron chi connectivity index (χ2n) is 7.91. The molecule has 4 rings (SSSR count). The van der Waals surface area contributed by atoms with Gasteiger partial charge in [-0.05, 0) is 70.0 Å². The number of piperazine rings is 1. The first kappa shape index (κ1) is 23.6. The number of carbonyl (C=O) groups is 2. The second kappa shape index (κ2) is 11.0. The van der Waals surface area contributed by atoms with Crippen molar-refractivity contribution in [2.45, 2.75) is 0 Å². The molecule has 1 heterocycles. The zero-order valence-corrected chi connectivity index (χ0v) is 20.5. The molecule has 1 aliphatic heterocycles. The Morgan fingerprint density at radius 2 is 1.65 bits per heavy atom. The largest absolute Gasteiger partial charge is 0.496 e. The van der Waals surface area contributed by atoms with Crippen molar-refractivity contribution in [3.8, 4) is 5.75 Å². The van der Waals surface area contributed by atoms with E-state index < -0.39 is 0 Å². The molecule has 1 aliphatic rings. The van der Waals surface area contributed by atoms with E-state index >= 15 is 0 Å². The van der Waals surface area contributed by atoms with E-state index in [4.69, 9.17) is 4.74 Å². The molecule has 0 saturated carbocycles. The van der Waals surface area contributed by atoms with Gasteiger partial charge in [-0.25, -0.2) is 0 Å². The molecule has 0 bridgehead atoms. The Balaban J connectivity index is 1.30. The van der Waals surface area contributed by atoms with Gasteiger partial charge >= 0.3 is 0 Å². The van der Waals surface area contributed by atoms with Crippen LogP contribution in [0.1, 0.15) is 15.9 Å². The van der Waals surface area contributed by atoms with E-state index in [1.807, 2.05) is 65.6 Å². The number of rotatable bonds is 6. The summed E-state index contributed by atoms with van der Waals surface area (Å²) in [6.07, 6.45) is 3.50. The van der Waals surface area contributed by atoms with Crippen molar-refractivity contribution >= 4 is 45.2 Å². The normalized spacial score (nSPS) is 13.7. The molecule has 1 N–H and O–H groups in total. The average molecular weight is 520 g/mol. The molecule has 3 aromatic rings. The van der Waals surface area contributed by atoms with Crippen LogP contribution in [0.5, 0.6) is 5.75 Å². The number of carbonyl (C=O) groups excluding carboxylic acids is 2. The van der Waals surface area contributed by atoms with Crippen LogP contribution in [0, 0.1) is 0 Å². The number of methoxy groups -OCH3 is 1. The molecule has 0 radical (unpaired) electrons. The van der Waals surface area contributed by atoms with Crippen molar-refractivity contribution in [3.63, 3.8) is 0 Å². The van der Waals surface area contributed by atoms with Crippen LogP contribution in [-0.2, 0) is 4.79 Å². The van der Waals surface area contributed by atoms with E-state index in [1.165, 1.54) is 0 Å². The lowest BCUT2D eigenvalue weighted by molar-refractivity contribution is -0.126. The number of hydrogen-bond donors (Lipinski definition) is 1. The van der Waals surface area contributed by atoms with Gasteiger partial charge in [-0.1, -0.05) is 30.3 Å². The Morgan fingerprint density at radius 3 is 2.29 bits per heavy atom. The summed E-state index contributed by atoms with van der Waals surface area (Å²) in [6.45, 7) is 2.86. The minimum atomic E-state index is -0.188. The molecule has 3 aromatic carbocycles. The number of nitrogens with zero attached hydrogens (tertiary/aromatic N) is 2. The Kier molecular flexibility index (Phi) is 7.65. The summed E-state index contributed by atoms with van der Waals surface area (Å²) < 4.78 is 5.94. The van der Waals surface area contributed by atoms with Gasteiger partial charge in [0.05, 0.1) is 11.6 Å². The van der Waals surface area contributed by atoms with Gasteiger partial charge in [0.2, 0.25) is 5.91 Å². The molecule has 34 heavy (non-hydrogen) atoms. The van der Waals surface area contributed by atoms with Crippen molar-refractivity contribution in [2.24, 2.45) is 0 Å². The highest BCUT2D eigenvalue weighted by atomic mass is 79.9. The topological polar surface area (TPSA) is 61.9 Å². The van der Waals surface area contributed by atoms with E-state index in [2.05, 4.69) is 26.1 Å². The molecule has 1 saturated heterocycles. The highest BCUT2D eigenvalue weighted by Crippen LogP contribution is 2.26. The molecule has 2 amide bonds. The third kappa shape index (κ3) is 5.85. The first-order valence-corrected chi connectivity index (χ1v) is 11.8. The van der Waals surface area contributed by atoms with Crippen LogP contribution >= 0.6 is 15.9 Å². The summed E-state index contributed by atoms with van der Waals surface area (Å²) in [4.78, 5) is 29.2. The smallest absolute Gasteiger partial charge is 0.255 e. The fourth-order valence-corrected chi connectivity index (χ4v) is 4.33. The van der Waals surface area contributed by atoms with Gasteiger partial charge in [-0.3, -0.25) is 9.59 Å². The van der Waals surface area contributed by atoms with Crippen LogP contribution < -0.4 is 15.0 Å². The highest BCUT2D eigenvalue weighted by Gasteiger charge is 2.20. The lowest BCUT2D eigenvalue weighted by atomic mass is 10.2. The van der Waals surface area contributed by atoms with Gasteiger partial charge in [0.1, 0.15) is 5.75 Å². The average Bonchev–Trinajstić information content (AvgIpc) is 2.88. The lowest BCUT2D eigenvalue weighted by Crippen LogP contribution is -2.48. The van der Waals surface area contributed by atoms with E-state index in [-0.39, 0.29) is 11.8 Å². The van der Waals surface area contributed by atoms with Gasteiger partial charge in [0.25, 0.3) is 5.91 Å². The molecule has 0 unspecified atom stereocenters. The summed E-state index contributed by atoms with van der Waals surface area (Å²) in [5.41, 5.74) is 3.35. The zero-order valence-electron chi connectivity index (χ0n) is 18.9. The maximum atomic E-state index is 12.6. The maximum Gasteiger partial charge on any atom is 0.255 e. The molecular formula is C27H26BrN3O3. The van der Waals surface area contributed by atoms with Crippen LogP contribution in [0.15, 0.2) is 83.3 Å². The molecular weight excluding hydrogens is 494 g/mol. The summed E-state index contributed by atoms with van der Waals surface area (Å²) in [5.74, 6) is 0.522. The molecule has 0 aliphatic carbocycles. The molecule has 174 valence electrons. The number of hydrogen-bond acceptors (Lipinski definition) is 4. The fraction of sp³-hybridized carbons (Fsp3) is 0.185. The van der Waals surface area contributed by atoms with E-state index in [9.17, 15) is 9.59 Å². The Bertz CT molecular complexity index is 1170. The molecule has 7 heteroatoms.